The van der Waals surface area contributed by atoms with Gasteiger partial charge in [0, 0.05) is 11.4 Å². The Morgan fingerprint density at radius 3 is 2.28 bits per heavy atom. The fourth-order valence-electron chi connectivity index (χ4n) is 2.49. The molecule has 0 radical (unpaired) electrons. The first-order valence-electron chi connectivity index (χ1n) is 7.81. The predicted molar refractivity (Wildman–Crippen MR) is 99.6 cm³/mol. The van der Waals surface area contributed by atoms with Gasteiger partial charge in [0.05, 0.1) is 5.56 Å². The van der Waals surface area contributed by atoms with Gasteiger partial charge in [-0.1, -0.05) is 29.8 Å². The number of aromatic nitrogens is 1. The Bertz CT molecular complexity index is 870. The normalized spacial score (nSPS) is 10.4. The lowest BCUT2D eigenvalue weighted by atomic mass is 10.1. The maximum atomic E-state index is 12.5. The Morgan fingerprint density at radius 1 is 1.00 bits per heavy atom. The number of pyridine rings is 1. The number of nitrogens with one attached hydrogen (secondary N) is 1. The Hall–Kier alpha value is -2.85. The number of hydrogen-bond donors (Lipinski definition) is 1. The number of nitrogens with zero attached hydrogens (tertiary/aromatic N) is 1. The lowest BCUT2D eigenvalue weighted by Gasteiger charge is -2.11. The van der Waals surface area contributed by atoms with E-state index in [1.165, 1.54) is 0 Å². The first-order chi connectivity index (χ1) is 12.0. The van der Waals surface area contributed by atoms with Crippen molar-refractivity contribution < 1.29 is 9.53 Å². The molecule has 0 aliphatic heterocycles. The number of anilines is 1. The van der Waals surface area contributed by atoms with Crippen LogP contribution in [0.3, 0.4) is 0 Å². The van der Waals surface area contributed by atoms with Gasteiger partial charge in [0.15, 0.2) is 0 Å². The molecule has 126 valence electrons. The molecule has 0 saturated carbocycles. The van der Waals surface area contributed by atoms with E-state index in [9.17, 15) is 4.79 Å². The molecular formula is C20H17ClN2O2. The van der Waals surface area contributed by atoms with Crippen LogP contribution in [0.1, 0.15) is 21.6 Å². The Kier molecular flexibility index (Phi) is 5.00. The third-order valence-corrected chi connectivity index (χ3v) is 3.89. The van der Waals surface area contributed by atoms with Crippen molar-refractivity contribution in [1.82, 2.24) is 4.98 Å². The van der Waals surface area contributed by atoms with Gasteiger partial charge in [0.1, 0.15) is 16.7 Å². The largest absolute Gasteiger partial charge is 0.457 e. The number of halogens is 1. The Morgan fingerprint density at radius 2 is 1.64 bits per heavy atom. The standard InChI is InChI=1S/C20H17ClN2O2/c1-13-12-14(2)22-19(21)18(13)20(24)23-15-8-10-17(11-9-15)25-16-6-4-3-5-7-16/h3-12H,1-2H3,(H,23,24). The van der Waals surface area contributed by atoms with Crippen LogP contribution in [-0.4, -0.2) is 10.9 Å². The van der Waals surface area contributed by atoms with Crippen LogP contribution >= 0.6 is 11.6 Å². The van der Waals surface area contributed by atoms with Crippen LogP contribution in [0.25, 0.3) is 0 Å². The highest BCUT2D eigenvalue weighted by Gasteiger charge is 2.15. The fraction of sp³-hybridized carbons (Fsp3) is 0.100. The summed E-state index contributed by atoms with van der Waals surface area (Å²) in [5, 5.41) is 3.04. The number of hydrogen-bond acceptors (Lipinski definition) is 3. The van der Waals surface area contributed by atoms with E-state index in [1.807, 2.05) is 50.2 Å². The highest BCUT2D eigenvalue weighted by Crippen LogP contribution is 2.24. The topological polar surface area (TPSA) is 51.2 Å². The zero-order chi connectivity index (χ0) is 17.8. The third kappa shape index (κ3) is 4.17. The molecule has 2 aromatic carbocycles. The third-order valence-electron chi connectivity index (χ3n) is 3.62. The van der Waals surface area contributed by atoms with Crippen molar-refractivity contribution in [3.05, 3.63) is 82.6 Å². The van der Waals surface area contributed by atoms with Crippen LogP contribution in [0.2, 0.25) is 5.15 Å². The molecule has 1 amide bonds. The summed E-state index contributed by atoms with van der Waals surface area (Å²) in [5.74, 6) is 1.16. The molecule has 0 bridgehead atoms. The number of rotatable bonds is 4. The number of para-hydroxylation sites is 1. The molecule has 0 saturated heterocycles. The lowest BCUT2D eigenvalue weighted by molar-refractivity contribution is 0.102. The summed E-state index contributed by atoms with van der Waals surface area (Å²) >= 11 is 6.12. The lowest BCUT2D eigenvalue weighted by Crippen LogP contribution is -2.15. The molecule has 1 aromatic heterocycles. The molecule has 0 spiro atoms. The van der Waals surface area contributed by atoms with Gasteiger partial charge in [-0.15, -0.1) is 0 Å². The van der Waals surface area contributed by atoms with Crippen molar-refractivity contribution >= 4 is 23.2 Å². The summed E-state index contributed by atoms with van der Waals surface area (Å²) in [4.78, 5) is 16.6. The van der Waals surface area contributed by atoms with E-state index in [0.29, 0.717) is 17.0 Å². The van der Waals surface area contributed by atoms with Crippen molar-refractivity contribution in [3.8, 4) is 11.5 Å². The number of benzene rings is 2. The quantitative estimate of drug-likeness (QED) is 0.640. The van der Waals surface area contributed by atoms with Crippen molar-refractivity contribution in [1.29, 1.82) is 0 Å². The molecule has 0 fully saturated rings. The summed E-state index contributed by atoms with van der Waals surface area (Å²) in [5.41, 5.74) is 2.61. The monoisotopic (exact) mass is 352 g/mol. The van der Waals surface area contributed by atoms with Gasteiger partial charge in [-0.05, 0) is 61.9 Å². The van der Waals surface area contributed by atoms with Gasteiger partial charge in [-0.25, -0.2) is 4.98 Å². The number of ether oxygens (including phenoxy) is 1. The number of amides is 1. The van der Waals surface area contributed by atoms with E-state index in [1.54, 1.807) is 24.3 Å². The van der Waals surface area contributed by atoms with Crippen LogP contribution in [-0.2, 0) is 0 Å². The van der Waals surface area contributed by atoms with Crippen molar-refractivity contribution in [2.24, 2.45) is 0 Å². The van der Waals surface area contributed by atoms with E-state index in [2.05, 4.69) is 10.3 Å². The number of aryl methyl sites for hydroxylation is 2. The van der Waals surface area contributed by atoms with E-state index >= 15 is 0 Å². The molecule has 0 atom stereocenters. The van der Waals surface area contributed by atoms with Crippen molar-refractivity contribution in [2.75, 3.05) is 5.32 Å². The Balaban J connectivity index is 1.72. The molecular weight excluding hydrogens is 336 g/mol. The first kappa shape index (κ1) is 17.0. The van der Waals surface area contributed by atoms with Gasteiger partial charge in [0.25, 0.3) is 5.91 Å². The molecule has 0 aliphatic carbocycles. The predicted octanol–water partition coefficient (Wildman–Crippen LogP) is 5.40. The maximum Gasteiger partial charge on any atom is 0.259 e. The van der Waals surface area contributed by atoms with E-state index < -0.39 is 0 Å². The molecule has 5 heteroatoms. The molecule has 4 nitrogen and oxygen atoms in total. The second-order valence-corrected chi connectivity index (χ2v) is 6.00. The average molecular weight is 353 g/mol. The van der Waals surface area contributed by atoms with Gasteiger partial charge in [-0.3, -0.25) is 4.79 Å². The van der Waals surface area contributed by atoms with Gasteiger partial charge in [-0.2, -0.15) is 0 Å². The molecule has 25 heavy (non-hydrogen) atoms. The van der Waals surface area contributed by atoms with Crippen molar-refractivity contribution in [2.45, 2.75) is 13.8 Å². The minimum absolute atomic E-state index is 0.207. The SMILES string of the molecule is Cc1cc(C)c(C(=O)Nc2ccc(Oc3ccccc3)cc2)c(Cl)n1. The molecule has 0 unspecified atom stereocenters. The fourth-order valence-corrected chi connectivity index (χ4v) is 2.86. The summed E-state index contributed by atoms with van der Waals surface area (Å²) in [6, 6.07) is 18.5. The average Bonchev–Trinajstić information content (AvgIpc) is 2.56. The summed E-state index contributed by atoms with van der Waals surface area (Å²) in [6.45, 7) is 3.68. The van der Waals surface area contributed by atoms with E-state index in [-0.39, 0.29) is 11.1 Å². The second kappa shape index (κ2) is 7.36. The number of carbonyl (C=O) groups is 1. The molecule has 1 N–H and O–H groups in total. The number of carbonyl (C=O) groups excluding carboxylic acids is 1. The minimum Gasteiger partial charge on any atom is -0.457 e. The van der Waals surface area contributed by atoms with E-state index in [0.717, 1.165) is 17.0 Å². The first-order valence-corrected chi connectivity index (χ1v) is 8.19. The summed E-state index contributed by atoms with van der Waals surface area (Å²) in [7, 11) is 0. The highest BCUT2D eigenvalue weighted by atomic mass is 35.5. The second-order valence-electron chi connectivity index (χ2n) is 5.64. The van der Waals surface area contributed by atoms with Gasteiger partial charge in [0.2, 0.25) is 0 Å². The van der Waals surface area contributed by atoms with Crippen LogP contribution in [0.5, 0.6) is 11.5 Å². The van der Waals surface area contributed by atoms with Crippen LogP contribution < -0.4 is 10.1 Å². The zero-order valence-corrected chi connectivity index (χ0v) is 14.7. The van der Waals surface area contributed by atoms with Gasteiger partial charge >= 0.3 is 0 Å². The van der Waals surface area contributed by atoms with E-state index in [4.69, 9.17) is 16.3 Å². The van der Waals surface area contributed by atoms with Crippen LogP contribution in [0.15, 0.2) is 60.7 Å². The van der Waals surface area contributed by atoms with Crippen molar-refractivity contribution in [3.63, 3.8) is 0 Å². The van der Waals surface area contributed by atoms with Crippen LogP contribution in [0, 0.1) is 13.8 Å². The summed E-state index contributed by atoms with van der Waals surface area (Å²) in [6.07, 6.45) is 0. The van der Waals surface area contributed by atoms with Crippen LogP contribution in [0.4, 0.5) is 5.69 Å². The molecule has 1 heterocycles. The smallest absolute Gasteiger partial charge is 0.259 e. The molecule has 0 aliphatic rings. The summed E-state index contributed by atoms with van der Waals surface area (Å²) < 4.78 is 5.73. The Labute approximate surface area is 151 Å². The zero-order valence-electron chi connectivity index (χ0n) is 13.9. The molecule has 3 rings (SSSR count). The highest BCUT2D eigenvalue weighted by molar-refractivity contribution is 6.33. The minimum atomic E-state index is -0.285. The maximum absolute atomic E-state index is 12.5. The molecule has 3 aromatic rings. The van der Waals surface area contributed by atoms with Gasteiger partial charge < -0.3 is 10.1 Å².